The Morgan fingerprint density at radius 1 is 1.11 bits per heavy atom. The van der Waals surface area contributed by atoms with E-state index in [0.717, 1.165) is 42.2 Å². The standard InChI is InChI=1S/C14H18BrNO2/c15-10-5-6-12-14(18-9-3-8-17-12)13(10)11-4-1-2-7-16-11/h5-6,11,16H,1-4,7-9H2. The number of rotatable bonds is 1. The van der Waals surface area contributed by atoms with E-state index in [9.17, 15) is 0 Å². The molecule has 1 atom stereocenters. The predicted molar refractivity (Wildman–Crippen MR) is 74.3 cm³/mol. The molecule has 98 valence electrons. The zero-order valence-corrected chi connectivity index (χ0v) is 12.0. The summed E-state index contributed by atoms with van der Waals surface area (Å²) in [5, 5.41) is 3.58. The second-order valence-electron chi connectivity index (χ2n) is 4.84. The van der Waals surface area contributed by atoms with Crippen LogP contribution in [0.3, 0.4) is 0 Å². The minimum absolute atomic E-state index is 0.379. The molecule has 1 fully saturated rings. The molecule has 2 aliphatic heterocycles. The molecule has 0 saturated carbocycles. The zero-order valence-electron chi connectivity index (χ0n) is 10.4. The normalized spacial score (nSPS) is 23.5. The fourth-order valence-electron chi connectivity index (χ4n) is 2.66. The molecule has 0 spiro atoms. The van der Waals surface area contributed by atoms with Crippen molar-refractivity contribution in [2.45, 2.75) is 31.7 Å². The Morgan fingerprint density at radius 2 is 2.00 bits per heavy atom. The zero-order chi connectivity index (χ0) is 12.4. The van der Waals surface area contributed by atoms with Crippen molar-refractivity contribution >= 4 is 15.9 Å². The van der Waals surface area contributed by atoms with Crippen LogP contribution in [-0.2, 0) is 0 Å². The van der Waals surface area contributed by atoms with Crippen LogP contribution < -0.4 is 14.8 Å². The average Bonchev–Trinajstić information content (AvgIpc) is 2.65. The SMILES string of the molecule is Brc1ccc2c(c1C1CCCCN1)OCCCO2. The van der Waals surface area contributed by atoms with Gasteiger partial charge in [0.25, 0.3) is 0 Å². The minimum atomic E-state index is 0.379. The topological polar surface area (TPSA) is 30.5 Å². The third-order valence-corrected chi connectivity index (χ3v) is 4.25. The van der Waals surface area contributed by atoms with Crippen LogP contribution in [0.1, 0.15) is 37.3 Å². The molecule has 2 aliphatic rings. The largest absolute Gasteiger partial charge is 0.490 e. The second kappa shape index (κ2) is 5.49. The van der Waals surface area contributed by atoms with Gasteiger partial charge in [0.05, 0.1) is 13.2 Å². The van der Waals surface area contributed by atoms with Crippen molar-refractivity contribution < 1.29 is 9.47 Å². The van der Waals surface area contributed by atoms with Crippen molar-refractivity contribution in [3.05, 3.63) is 22.2 Å². The van der Waals surface area contributed by atoms with Crippen LogP contribution >= 0.6 is 15.9 Å². The molecule has 1 N–H and O–H groups in total. The molecular weight excluding hydrogens is 294 g/mol. The third kappa shape index (κ3) is 2.36. The van der Waals surface area contributed by atoms with E-state index in [2.05, 4.69) is 27.3 Å². The van der Waals surface area contributed by atoms with Gasteiger partial charge in [-0.05, 0) is 31.5 Å². The lowest BCUT2D eigenvalue weighted by Crippen LogP contribution is -2.27. The Bertz CT molecular complexity index is 430. The molecule has 3 nitrogen and oxygen atoms in total. The van der Waals surface area contributed by atoms with E-state index < -0.39 is 0 Å². The summed E-state index contributed by atoms with van der Waals surface area (Å²) in [5.74, 6) is 1.82. The number of hydrogen-bond acceptors (Lipinski definition) is 3. The van der Waals surface area contributed by atoms with Gasteiger partial charge in [0.1, 0.15) is 0 Å². The van der Waals surface area contributed by atoms with Gasteiger partial charge in [-0.1, -0.05) is 22.4 Å². The number of piperidine rings is 1. The van der Waals surface area contributed by atoms with Crippen molar-refractivity contribution in [1.29, 1.82) is 0 Å². The molecule has 1 unspecified atom stereocenters. The van der Waals surface area contributed by atoms with Gasteiger partial charge < -0.3 is 14.8 Å². The molecule has 0 aromatic heterocycles. The fourth-order valence-corrected chi connectivity index (χ4v) is 3.24. The lowest BCUT2D eigenvalue weighted by Gasteiger charge is -2.27. The second-order valence-corrected chi connectivity index (χ2v) is 5.70. The van der Waals surface area contributed by atoms with Crippen LogP contribution in [0.15, 0.2) is 16.6 Å². The van der Waals surface area contributed by atoms with E-state index in [1.807, 2.05) is 6.07 Å². The van der Waals surface area contributed by atoms with E-state index >= 15 is 0 Å². The quantitative estimate of drug-likeness (QED) is 0.862. The monoisotopic (exact) mass is 311 g/mol. The maximum Gasteiger partial charge on any atom is 0.167 e. The highest BCUT2D eigenvalue weighted by molar-refractivity contribution is 9.10. The molecule has 0 aliphatic carbocycles. The van der Waals surface area contributed by atoms with Crippen molar-refractivity contribution in [3.8, 4) is 11.5 Å². The number of benzene rings is 1. The Kier molecular flexibility index (Phi) is 3.75. The van der Waals surface area contributed by atoms with Crippen LogP contribution in [0, 0.1) is 0 Å². The highest BCUT2D eigenvalue weighted by atomic mass is 79.9. The van der Waals surface area contributed by atoms with Crippen molar-refractivity contribution in [1.82, 2.24) is 5.32 Å². The van der Waals surface area contributed by atoms with Crippen LogP contribution in [0.25, 0.3) is 0 Å². The summed E-state index contributed by atoms with van der Waals surface area (Å²) < 4.78 is 12.8. The first kappa shape index (κ1) is 12.3. The van der Waals surface area contributed by atoms with Crippen LogP contribution in [0.5, 0.6) is 11.5 Å². The van der Waals surface area contributed by atoms with Gasteiger partial charge in [-0.3, -0.25) is 0 Å². The van der Waals surface area contributed by atoms with Gasteiger partial charge in [0.15, 0.2) is 11.5 Å². The molecule has 0 radical (unpaired) electrons. The first-order valence-electron chi connectivity index (χ1n) is 6.67. The van der Waals surface area contributed by atoms with Gasteiger partial charge >= 0.3 is 0 Å². The van der Waals surface area contributed by atoms with Gasteiger partial charge in [-0.25, -0.2) is 0 Å². The summed E-state index contributed by atoms with van der Waals surface area (Å²) in [7, 11) is 0. The highest BCUT2D eigenvalue weighted by Gasteiger charge is 2.25. The summed E-state index contributed by atoms with van der Waals surface area (Å²) >= 11 is 3.66. The smallest absolute Gasteiger partial charge is 0.167 e. The lowest BCUT2D eigenvalue weighted by molar-refractivity contribution is 0.293. The molecule has 1 saturated heterocycles. The predicted octanol–water partition coefficient (Wildman–Crippen LogP) is 3.43. The van der Waals surface area contributed by atoms with Crippen LogP contribution in [-0.4, -0.2) is 19.8 Å². The van der Waals surface area contributed by atoms with Gasteiger partial charge in [0.2, 0.25) is 0 Å². The van der Waals surface area contributed by atoms with Crippen molar-refractivity contribution in [2.24, 2.45) is 0 Å². The number of hydrogen-bond donors (Lipinski definition) is 1. The molecule has 0 bridgehead atoms. The van der Waals surface area contributed by atoms with E-state index in [4.69, 9.17) is 9.47 Å². The maximum absolute atomic E-state index is 5.92. The number of nitrogens with one attached hydrogen (secondary N) is 1. The Balaban J connectivity index is 2.00. The van der Waals surface area contributed by atoms with Gasteiger partial charge in [-0.2, -0.15) is 0 Å². The van der Waals surface area contributed by atoms with E-state index in [0.29, 0.717) is 6.04 Å². The molecule has 1 aromatic rings. The summed E-state index contributed by atoms with van der Waals surface area (Å²) in [6.45, 7) is 2.57. The Labute approximate surface area is 116 Å². The summed E-state index contributed by atoms with van der Waals surface area (Å²) in [5.41, 5.74) is 1.23. The van der Waals surface area contributed by atoms with Gasteiger partial charge in [-0.15, -0.1) is 0 Å². The van der Waals surface area contributed by atoms with E-state index in [1.54, 1.807) is 0 Å². The Hall–Kier alpha value is -0.740. The first-order valence-corrected chi connectivity index (χ1v) is 7.47. The van der Waals surface area contributed by atoms with Crippen molar-refractivity contribution in [2.75, 3.05) is 19.8 Å². The first-order chi connectivity index (χ1) is 8.86. The number of ether oxygens (including phenoxy) is 2. The van der Waals surface area contributed by atoms with Crippen LogP contribution in [0.2, 0.25) is 0 Å². The minimum Gasteiger partial charge on any atom is -0.490 e. The summed E-state index contributed by atoms with van der Waals surface area (Å²) in [6, 6.07) is 4.45. The highest BCUT2D eigenvalue weighted by Crippen LogP contribution is 2.43. The van der Waals surface area contributed by atoms with Crippen molar-refractivity contribution in [3.63, 3.8) is 0 Å². The van der Waals surface area contributed by atoms with E-state index in [-0.39, 0.29) is 0 Å². The molecule has 2 heterocycles. The summed E-state index contributed by atoms with van der Waals surface area (Å²) in [6.07, 6.45) is 4.65. The molecule has 0 amide bonds. The Morgan fingerprint density at radius 3 is 2.83 bits per heavy atom. The number of fused-ring (bicyclic) bond motifs is 1. The maximum atomic E-state index is 5.92. The molecule has 18 heavy (non-hydrogen) atoms. The fraction of sp³-hybridized carbons (Fsp3) is 0.571. The number of halogens is 1. The average molecular weight is 312 g/mol. The molecule has 3 rings (SSSR count). The molecule has 1 aromatic carbocycles. The molecular formula is C14H18BrNO2. The summed E-state index contributed by atoms with van der Waals surface area (Å²) in [4.78, 5) is 0. The van der Waals surface area contributed by atoms with Gasteiger partial charge in [0, 0.05) is 22.5 Å². The molecule has 4 heteroatoms. The van der Waals surface area contributed by atoms with E-state index in [1.165, 1.54) is 24.8 Å². The van der Waals surface area contributed by atoms with Crippen LogP contribution in [0.4, 0.5) is 0 Å². The third-order valence-electron chi connectivity index (χ3n) is 3.56. The lowest BCUT2D eigenvalue weighted by atomic mass is 9.96.